The molecule has 5 nitrogen and oxygen atoms in total. The highest BCUT2D eigenvalue weighted by Gasteiger charge is 2.22. The van der Waals surface area contributed by atoms with Crippen molar-refractivity contribution in [3.63, 3.8) is 0 Å². The summed E-state index contributed by atoms with van der Waals surface area (Å²) < 4.78 is 0.429. The first-order chi connectivity index (χ1) is 6.12. The number of carboxylic acid groups (broad SMARTS) is 2. The van der Waals surface area contributed by atoms with E-state index in [1.807, 2.05) is 28.1 Å². The number of carboxylic acids is 2. The number of quaternary nitrogens is 1. The lowest BCUT2D eigenvalue weighted by molar-refractivity contribution is -0.889. The largest absolute Gasteiger partial charge is 0.544 e. The molecule has 0 aliphatic rings. The lowest BCUT2D eigenvalue weighted by Crippen LogP contribution is -2.54. The fraction of sp³-hybridized carbons (Fsp3) is 0.778. The van der Waals surface area contributed by atoms with Crippen LogP contribution in [-0.4, -0.2) is 48.7 Å². The quantitative estimate of drug-likeness (QED) is 0.619. The minimum absolute atomic E-state index is 0.389. The highest BCUT2D eigenvalue weighted by molar-refractivity contribution is 5.69. The topological polar surface area (TPSA) is 77.4 Å². The van der Waals surface area contributed by atoms with Crippen LogP contribution in [0, 0.1) is 0 Å². The van der Waals surface area contributed by atoms with Gasteiger partial charge in [0.2, 0.25) is 0 Å². The Balaban J connectivity index is 0. The molecule has 0 spiro atoms. The van der Waals surface area contributed by atoms with Crippen LogP contribution in [0.2, 0.25) is 0 Å². The van der Waals surface area contributed by atoms with Crippen molar-refractivity contribution in [3.05, 3.63) is 0 Å². The smallest absolute Gasteiger partial charge is 0.300 e. The Morgan fingerprint density at radius 2 is 1.64 bits per heavy atom. The van der Waals surface area contributed by atoms with E-state index in [0.29, 0.717) is 10.9 Å². The lowest BCUT2D eigenvalue weighted by Gasteiger charge is -2.33. The molecule has 0 aliphatic heterocycles. The standard InChI is InChI=1S/C7H15NO2.C2H4O2/c1-5-6(7(9)10)8(2,3)4;1-2(3)4/h6H,5H2,1-4H3;1H3,(H,3,4). The minimum atomic E-state index is -0.963. The van der Waals surface area contributed by atoms with Gasteiger partial charge in [-0.05, 0) is 0 Å². The number of carbonyl (C=O) groups is 2. The van der Waals surface area contributed by atoms with Crippen LogP contribution in [0.15, 0.2) is 0 Å². The Hall–Kier alpha value is -1.10. The third-order valence-electron chi connectivity index (χ3n) is 1.59. The second-order valence-corrected chi connectivity index (χ2v) is 3.88. The Labute approximate surface area is 84.5 Å². The molecule has 1 N–H and O–H groups in total. The highest BCUT2D eigenvalue weighted by Crippen LogP contribution is 2.05. The Morgan fingerprint density at radius 3 is 1.64 bits per heavy atom. The van der Waals surface area contributed by atoms with Crippen LogP contribution >= 0.6 is 0 Å². The van der Waals surface area contributed by atoms with Crippen molar-refractivity contribution in [1.82, 2.24) is 0 Å². The first-order valence-corrected chi connectivity index (χ1v) is 4.34. The first-order valence-electron chi connectivity index (χ1n) is 4.34. The molecule has 0 fully saturated rings. The predicted octanol–water partition coefficient (Wildman–Crippen LogP) is -0.688. The molecule has 0 saturated heterocycles. The third kappa shape index (κ3) is 8.99. The molecule has 1 unspecified atom stereocenters. The molecule has 0 aromatic rings. The van der Waals surface area contributed by atoms with Crippen LogP contribution in [-0.2, 0) is 9.59 Å². The van der Waals surface area contributed by atoms with E-state index >= 15 is 0 Å². The van der Waals surface area contributed by atoms with Gasteiger partial charge in [0.1, 0.15) is 6.04 Å². The lowest BCUT2D eigenvalue weighted by atomic mass is 10.2. The van der Waals surface area contributed by atoms with Gasteiger partial charge in [-0.1, -0.05) is 6.92 Å². The second kappa shape index (κ2) is 6.37. The van der Waals surface area contributed by atoms with Gasteiger partial charge in [0.25, 0.3) is 5.97 Å². The molecule has 0 amide bonds. The summed E-state index contributed by atoms with van der Waals surface area (Å²) >= 11 is 0. The highest BCUT2D eigenvalue weighted by atomic mass is 16.4. The summed E-state index contributed by atoms with van der Waals surface area (Å²) in [5.74, 6) is -1.80. The Morgan fingerprint density at radius 1 is 1.36 bits per heavy atom. The molecular formula is C9H19NO4. The molecule has 0 radical (unpaired) electrons. The van der Waals surface area contributed by atoms with E-state index in [2.05, 4.69) is 0 Å². The van der Waals surface area contributed by atoms with Crippen LogP contribution in [0.4, 0.5) is 0 Å². The molecule has 0 bridgehead atoms. The zero-order chi connectivity index (χ0) is 11.9. The first kappa shape index (κ1) is 15.4. The summed E-state index contributed by atoms with van der Waals surface area (Å²) in [7, 11) is 5.55. The van der Waals surface area contributed by atoms with Crippen LogP contribution in [0.3, 0.4) is 0 Å². The second-order valence-electron chi connectivity index (χ2n) is 3.88. The van der Waals surface area contributed by atoms with Crippen molar-refractivity contribution in [2.45, 2.75) is 26.3 Å². The monoisotopic (exact) mass is 205 g/mol. The zero-order valence-electron chi connectivity index (χ0n) is 9.40. The predicted molar refractivity (Wildman–Crippen MR) is 50.4 cm³/mol. The maximum atomic E-state index is 10.5. The van der Waals surface area contributed by atoms with E-state index in [4.69, 9.17) is 9.90 Å². The van der Waals surface area contributed by atoms with Gasteiger partial charge in [-0.3, -0.25) is 4.79 Å². The summed E-state index contributed by atoms with van der Waals surface area (Å²) in [6.07, 6.45) is 0.617. The Bertz CT molecular complexity index is 191. The molecule has 5 heteroatoms. The van der Waals surface area contributed by atoms with Gasteiger partial charge >= 0.3 is 0 Å². The van der Waals surface area contributed by atoms with E-state index in [-0.39, 0.29) is 6.04 Å². The van der Waals surface area contributed by atoms with E-state index < -0.39 is 11.9 Å². The van der Waals surface area contributed by atoms with Crippen LogP contribution < -0.4 is 5.11 Å². The Kier molecular flexibility index (Phi) is 6.99. The fourth-order valence-electron chi connectivity index (χ4n) is 1.03. The number of likely N-dealkylation sites (N-methyl/N-ethyl adjacent to an activating group) is 1. The van der Waals surface area contributed by atoms with Crippen LogP contribution in [0.25, 0.3) is 0 Å². The molecule has 0 aromatic carbocycles. The average molecular weight is 205 g/mol. The SMILES string of the molecule is CC(=O)O.CCC(C(=O)[O-])[N+](C)(C)C. The molecule has 1 atom stereocenters. The van der Waals surface area contributed by atoms with Gasteiger partial charge in [0, 0.05) is 13.3 Å². The van der Waals surface area contributed by atoms with Gasteiger partial charge in [0.15, 0.2) is 0 Å². The summed E-state index contributed by atoms with van der Waals surface area (Å²) in [5, 5.41) is 17.9. The summed E-state index contributed by atoms with van der Waals surface area (Å²) in [4.78, 5) is 19.5. The molecule has 0 heterocycles. The molecule has 14 heavy (non-hydrogen) atoms. The van der Waals surface area contributed by atoms with Crippen molar-refractivity contribution in [2.75, 3.05) is 21.1 Å². The van der Waals surface area contributed by atoms with Gasteiger partial charge < -0.3 is 19.5 Å². The summed E-state index contributed by atoms with van der Waals surface area (Å²) in [5.41, 5.74) is 0. The van der Waals surface area contributed by atoms with Crippen LogP contribution in [0.5, 0.6) is 0 Å². The van der Waals surface area contributed by atoms with Gasteiger partial charge in [-0.2, -0.15) is 0 Å². The van der Waals surface area contributed by atoms with Gasteiger partial charge in [-0.25, -0.2) is 0 Å². The number of nitrogens with zero attached hydrogens (tertiary/aromatic N) is 1. The van der Waals surface area contributed by atoms with Crippen molar-refractivity contribution in [3.8, 4) is 0 Å². The normalized spacial score (nSPS) is 12.4. The molecule has 0 aliphatic carbocycles. The maximum absolute atomic E-state index is 10.5. The van der Waals surface area contributed by atoms with Crippen molar-refractivity contribution >= 4 is 11.9 Å². The average Bonchev–Trinajstić information content (AvgIpc) is 1.81. The van der Waals surface area contributed by atoms with E-state index in [9.17, 15) is 9.90 Å². The van der Waals surface area contributed by atoms with Gasteiger partial charge in [-0.15, -0.1) is 0 Å². The van der Waals surface area contributed by atoms with E-state index in [0.717, 1.165) is 6.92 Å². The van der Waals surface area contributed by atoms with E-state index in [1.165, 1.54) is 0 Å². The summed E-state index contributed by atoms with van der Waals surface area (Å²) in [6, 6.07) is -0.389. The van der Waals surface area contributed by atoms with E-state index in [1.54, 1.807) is 0 Å². The van der Waals surface area contributed by atoms with Gasteiger partial charge in [0.05, 0.1) is 27.1 Å². The molecule has 0 aromatic heterocycles. The number of hydrogen-bond acceptors (Lipinski definition) is 3. The number of hydrogen-bond donors (Lipinski definition) is 1. The van der Waals surface area contributed by atoms with Crippen molar-refractivity contribution in [1.29, 1.82) is 0 Å². The number of aliphatic carboxylic acids is 2. The number of carbonyl (C=O) groups excluding carboxylic acids is 1. The molecule has 0 rings (SSSR count). The van der Waals surface area contributed by atoms with Crippen molar-refractivity contribution < 1.29 is 24.3 Å². The fourth-order valence-corrected chi connectivity index (χ4v) is 1.03. The minimum Gasteiger partial charge on any atom is -0.544 e. The zero-order valence-corrected chi connectivity index (χ0v) is 9.40. The molecular weight excluding hydrogens is 186 g/mol. The molecule has 0 saturated carbocycles. The third-order valence-corrected chi connectivity index (χ3v) is 1.59. The van der Waals surface area contributed by atoms with Crippen molar-refractivity contribution in [2.24, 2.45) is 0 Å². The van der Waals surface area contributed by atoms with Crippen LogP contribution in [0.1, 0.15) is 20.3 Å². The maximum Gasteiger partial charge on any atom is 0.300 e. The number of rotatable bonds is 3. The molecule has 84 valence electrons. The summed E-state index contributed by atoms with van der Waals surface area (Å²) in [6.45, 7) is 2.93.